The molecule has 2 aliphatic rings. The minimum atomic E-state index is -4.51. The Bertz CT molecular complexity index is 432. The molecule has 2 saturated heterocycles. The van der Waals surface area contributed by atoms with Crippen molar-refractivity contribution in [3.8, 4) is 0 Å². The van der Waals surface area contributed by atoms with Crippen LogP contribution in [0.25, 0.3) is 0 Å². The topological polar surface area (TPSA) is 121 Å². The first-order valence-electron chi connectivity index (χ1n) is 4.21. The number of rotatable bonds is 1. The zero-order valence-corrected chi connectivity index (χ0v) is 8.35. The van der Waals surface area contributed by atoms with Gasteiger partial charge in [-0.1, -0.05) is 0 Å². The molecule has 2 heterocycles. The summed E-state index contributed by atoms with van der Waals surface area (Å²) in [6.45, 7) is 0.225. The zero-order chi connectivity index (χ0) is 11.4. The SMILES string of the molecule is NC(=O)N1CC[C@@H]2[C@H]1C(=O)N2S(=O)(=O)O. The van der Waals surface area contributed by atoms with Crippen LogP contribution in [0.5, 0.6) is 0 Å². The van der Waals surface area contributed by atoms with Gasteiger partial charge in [0.2, 0.25) is 0 Å². The lowest BCUT2D eigenvalue weighted by atomic mass is 10.0. The molecule has 84 valence electrons. The van der Waals surface area contributed by atoms with E-state index in [0.29, 0.717) is 10.7 Å². The molecule has 0 bridgehead atoms. The molecule has 2 fully saturated rings. The predicted octanol–water partition coefficient (Wildman–Crippen LogP) is -1.85. The molecule has 0 aliphatic carbocycles. The zero-order valence-electron chi connectivity index (χ0n) is 7.53. The molecule has 0 unspecified atom stereocenters. The summed E-state index contributed by atoms with van der Waals surface area (Å²) in [6.07, 6.45) is 0.305. The number of carbonyl (C=O) groups is 2. The number of carbonyl (C=O) groups excluding carboxylic acids is 2. The van der Waals surface area contributed by atoms with Crippen molar-refractivity contribution >= 4 is 22.2 Å². The molecule has 9 heteroatoms. The van der Waals surface area contributed by atoms with Crippen molar-refractivity contribution in [3.63, 3.8) is 0 Å². The van der Waals surface area contributed by atoms with E-state index in [4.69, 9.17) is 10.3 Å². The van der Waals surface area contributed by atoms with Gasteiger partial charge in [0, 0.05) is 6.54 Å². The highest BCUT2D eigenvalue weighted by atomic mass is 32.2. The van der Waals surface area contributed by atoms with Crippen LogP contribution >= 0.6 is 0 Å². The van der Waals surface area contributed by atoms with Crippen molar-refractivity contribution in [3.05, 3.63) is 0 Å². The first-order valence-corrected chi connectivity index (χ1v) is 5.60. The van der Waals surface area contributed by atoms with Gasteiger partial charge in [-0.05, 0) is 6.42 Å². The van der Waals surface area contributed by atoms with Crippen molar-refractivity contribution < 1.29 is 22.6 Å². The van der Waals surface area contributed by atoms with Gasteiger partial charge < -0.3 is 10.6 Å². The lowest BCUT2D eigenvalue weighted by molar-refractivity contribution is -0.143. The molecule has 2 aliphatic heterocycles. The van der Waals surface area contributed by atoms with E-state index in [0.717, 1.165) is 4.90 Å². The normalized spacial score (nSPS) is 30.1. The standard InChI is InChI=1S/C6H9N3O5S/c7-6(11)8-2-1-3-4(8)5(10)9(3)15(12,13)14/h3-4H,1-2H2,(H2,7,11)(H,12,13,14)/t3-,4+/m1/s1. The third-order valence-electron chi connectivity index (χ3n) is 2.67. The Morgan fingerprint density at radius 1 is 1.53 bits per heavy atom. The van der Waals surface area contributed by atoms with Gasteiger partial charge >= 0.3 is 16.3 Å². The van der Waals surface area contributed by atoms with Crippen molar-refractivity contribution in [1.29, 1.82) is 0 Å². The van der Waals surface area contributed by atoms with E-state index >= 15 is 0 Å². The third kappa shape index (κ3) is 1.27. The van der Waals surface area contributed by atoms with E-state index in [1.165, 1.54) is 0 Å². The summed E-state index contributed by atoms with van der Waals surface area (Å²) in [5.74, 6) is -0.807. The lowest BCUT2D eigenvalue weighted by Gasteiger charge is -2.41. The van der Waals surface area contributed by atoms with E-state index in [-0.39, 0.29) is 6.54 Å². The van der Waals surface area contributed by atoms with Crippen LogP contribution in [0.2, 0.25) is 0 Å². The van der Waals surface area contributed by atoms with Gasteiger partial charge in [0.15, 0.2) is 0 Å². The third-order valence-corrected chi connectivity index (χ3v) is 3.62. The number of nitrogens with zero attached hydrogens (tertiary/aromatic N) is 2. The van der Waals surface area contributed by atoms with Crippen molar-refractivity contribution in [2.75, 3.05) is 6.54 Å². The summed E-state index contributed by atoms with van der Waals surface area (Å²) < 4.78 is 30.6. The van der Waals surface area contributed by atoms with E-state index in [1.807, 2.05) is 0 Å². The molecule has 3 N–H and O–H groups in total. The van der Waals surface area contributed by atoms with Gasteiger partial charge in [0.25, 0.3) is 5.91 Å². The molecule has 3 amide bonds. The fourth-order valence-corrected chi connectivity index (χ4v) is 2.96. The van der Waals surface area contributed by atoms with E-state index < -0.39 is 34.3 Å². The Morgan fingerprint density at radius 3 is 2.60 bits per heavy atom. The number of hydrogen-bond acceptors (Lipinski definition) is 4. The lowest BCUT2D eigenvalue weighted by Crippen LogP contribution is -2.68. The molecular weight excluding hydrogens is 226 g/mol. The summed E-state index contributed by atoms with van der Waals surface area (Å²) in [4.78, 5) is 23.3. The first-order chi connectivity index (χ1) is 6.84. The van der Waals surface area contributed by atoms with E-state index in [1.54, 1.807) is 0 Å². The molecule has 15 heavy (non-hydrogen) atoms. The summed E-state index contributed by atoms with van der Waals surface area (Å²) >= 11 is 0. The number of fused-ring (bicyclic) bond motifs is 1. The second-order valence-corrected chi connectivity index (χ2v) is 4.73. The molecule has 2 atom stereocenters. The average molecular weight is 235 g/mol. The first kappa shape index (κ1) is 10.2. The van der Waals surface area contributed by atoms with Crippen LogP contribution in [-0.2, 0) is 15.1 Å². The van der Waals surface area contributed by atoms with Crippen LogP contribution < -0.4 is 5.73 Å². The van der Waals surface area contributed by atoms with Crippen LogP contribution in [-0.4, -0.2) is 52.7 Å². The van der Waals surface area contributed by atoms with Crippen LogP contribution in [0.3, 0.4) is 0 Å². The van der Waals surface area contributed by atoms with Gasteiger partial charge in [0.1, 0.15) is 6.04 Å². The minimum Gasteiger partial charge on any atom is -0.351 e. The highest BCUT2D eigenvalue weighted by Crippen LogP contribution is 2.35. The largest absolute Gasteiger partial charge is 0.362 e. The maximum absolute atomic E-state index is 11.3. The predicted molar refractivity (Wildman–Crippen MR) is 46.9 cm³/mol. The number of β-lactam (4-membered cyclic amide) rings is 1. The summed E-state index contributed by atoms with van der Waals surface area (Å²) in [5.41, 5.74) is 5.01. The summed E-state index contributed by atoms with van der Waals surface area (Å²) in [6, 6.07) is -2.25. The van der Waals surface area contributed by atoms with Crippen molar-refractivity contribution in [1.82, 2.24) is 9.21 Å². The molecule has 2 rings (SSSR count). The average Bonchev–Trinajstić information content (AvgIpc) is 2.40. The van der Waals surface area contributed by atoms with Crippen molar-refractivity contribution in [2.24, 2.45) is 5.73 Å². The molecule has 8 nitrogen and oxygen atoms in total. The number of nitrogens with two attached hydrogens (primary N) is 1. The molecular formula is C6H9N3O5S. The Balaban J connectivity index is 2.24. The smallest absolute Gasteiger partial charge is 0.351 e. The summed E-state index contributed by atoms with van der Waals surface area (Å²) in [7, 11) is -4.51. The molecule has 0 radical (unpaired) electrons. The second kappa shape index (κ2) is 2.83. The van der Waals surface area contributed by atoms with E-state index in [2.05, 4.69) is 0 Å². The fourth-order valence-electron chi connectivity index (χ4n) is 2.06. The van der Waals surface area contributed by atoms with Gasteiger partial charge in [-0.3, -0.25) is 9.35 Å². The van der Waals surface area contributed by atoms with E-state index in [9.17, 15) is 18.0 Å². The number of primary amides is 1. The Labute approximate surface area is 85.5 Å². The van der Waals surface area contributed by atoms with Crippen LogP contribution in [0, 0.1) is 0 Å². The molecule has 0 aromatic rings. The monoisotopic (exact) mass is 235 g/mol. The number of amides is 3. The maximum Gasteiger partial charge on any atom is 0.362 e. The second-order valence-electron chi connectivity index (χ2n) is 3.44. The van der Waals surface area contributed by atoms with Gasteiger partial charge in [-0.2, -0.15) is 8.42 Å². The van der Waals surface area contributed by atoms with Crippen LogP contribution in [0.4, 0.5) is 4.79 Å². The summed E-state index contributed by atoms with van der Waals surface area (Å²) in [5, 5.41) is 0. The molecule has 0 aromatic heterocycles. The Morgan fingerprint density at radius 2 is 2.13 bits per heavy atom. The van der Waals surface area contributed by atoms with Gasteiger partial charge in [-0.15, -0.1) is 0 Å². The van der Waals surface area contributed by atoms with Gasteiger partial charge in [-0.25, -0.2) is 9.10 Å². The fraction of sp³-hybridized carbons (Fsp3) is 0.667. The highest BCUT2D eigenvalue weighted by Gasteiger charge is 2.59. The molecule has 0 aromatic carbocycles. The molecule has 0 spiro atoms. The number of hydrogen-bond donors (Lipinski definition) is 2. The Kier molecular flexibility index (Phi) is 1.92. The van der Waals surface area contributed by atoms with Crippen molar-refractivity contribution in [2.45, 2.75) is 18.5 Å². The maximum atomic E-state index is 11.3. The molecule has 0 saturated carbocycles. The highest BCUT2D eigenvalue weighted by molar-refractivity contribution is 7.84. The number of urea groups is 1. The number of likely N-dealkylation sites (tertiary alicyclic amines) is 1. The van der Waals surface area contributed by atoms with Gasteiger partial charge in [0.05, 0.1) is 6.04 Å². The minimum absolute atomic E-state index is 0.225. The van der Waals surface area contributed by atoms with Crippen LogP contribution in [0.15, 0.2) is 0 Å². The quantitative estimate of drug-likeness (QED) is 0.408. The Hall–Kier alpha value is -1.35. The van der Waals surface area contributed by atoms with Crippen LogP contribution in [0.1, 0.15) is 6.42 Å².